The van der Waals surface area contributed by atoms with Crippen LogP contribution in [0, 0.1) is 0 Å². The zero-order valence-electron chi connectivity index (χ0n) is 11.3. The Balaban J connectivity index is 2.46. The maximum atomic E-state index is 10.6. The SMILES string of the molecule is CC(C)(Cc1ccccc1O)NCCCS(=O)(=O)O. The van der Waals surface area contributed by atoms with Gasteiger partial charge in [0.1, 0.15) is 5.75 Å². The van der Waals surface area contributed by atoms with E-state index < -0.39 is 10.1 Å². The molecule has 108 valence electrons. The summed E-state index contributed by atoms with van der Waals surface area (Å²) in [5.41, 5.74) is 0.577. The van der Waals surface area contributed by atoms with Gasteiger partial charge in [0.15, 0.2) is 0 Å². The molecule has 0 aliphatic carbocycles. The molecular weight excluding hydrogens is 266 g/mol. The fourth-order valence-electron chi connectivity index (χ4n) is 1.88. The van der Waals surface area contributed by atoms with Gasteiger partial charge in [0.05, 0.1) is 5.75 Å². The van der Waals surface area contributed by atoms with Crippen molar-refractivity contribution in [3.05, 3.63) is 29.8 Å². The number of rotatable bonds is 7. The van der Waals surface area contributed by atoms with Crippen LogP contribution in [0.2, 0.25) is 0 Å². The fraction of sp³-hybridized carbons (Fsp3) is 0.538. The maximum Gasteiger partial charge on any atom is 0.264 e. The van der Waals surface area contributed by atoms with E-state index in [1.165, 1.54) is 0 Å². The fourth-order valence-corrected chi connectivity index (χ4v) is 2.39. The van der Waals surface area contributed by atoms with Crippen molar-refractivity contribution in [2.24, 2.45) is 0 Å². The minimum atomic E-state index is -3.89. The van der Waals surface area contributed by atoms with E-state index in [9.17, 15) is 13.5 Å². The van der Waals surface area contributed by atoms with Crippen molar-refractivity contribution in [2.75, 3.05) is 12.3 Å². The molecule has 0 amide bonds. The van der Waals surface area contributed by atoms with Crippen molar-refractivity contribution in [1.82, 2.24) is 5.32 Å². The van der Waals surface area contributed by atoms with Gasteiger partial charge in [-0.1, -0.05) is 18.2 Å². The molecule has 5 nitrogen and oxygen atoms in total. The van der Waals surface area contributed by atoms with Crippen LogP contribution in [0.5, 0.6) is 5.75 Å². The Labute approximate surface area is 114 Å². The minimum absolute atomic E-state index is 0.243. The van der Waals surface area contributed by atoms with Crippen molar-refractivity contribution >= 4 is 10.1 Å². The summed E-state index contributed by atoms with van der Waals surface area (Å²) in [6.45, 7) is 4.44. The molecule has 0 aliphatic rings. The van der Waals surface area contributed by atoms with Gasteiger partial charge in [0.25, 0.3) is 10.1 Å². The smallest absolute Gasteiger partial charge is 0.264 e. The third kappa shape index (κ3) is 6.56. The van der Waals surface area contributed by atoms with Gasteiger partial charge in [-0.05, 0) is 44.9 Å². The molecule has 0 unspecified atom stereocenters. The highest BCUT2D eigenvalue weighted by atomic mass is 32.2. The molecule has 6 heteroatoms. The van der Waals surface area contributed by atoms with Crippen LogP contribution < -0.4 is 5.32 Å². The van der Waals surface area contributed by atoms with Gasteiger partial charge in [-0.2, -0.15) is 8.42 Å². The molecule has 0 fully saturated rings. The molecule has 1 aromatic carbocycles. The average Bonchev–Trinajstić information content (AvgIpc) is 2.26. The minimum Gasteiger partial charge on any atom is -0.508 e. The Hall–Kier alpha value is -1.11. The van der Waals surface area contributed by atoms with Gasteiger partial charge in [-0.3, -0.25) is 4.55 Å². The Bertz CT molecular complexity index is 511. The van der Waals surface area contributed by atoms with E-state index in [-0.39, 0.29) is 17.0 Å². The van der Waals surface area contributed by atoms with E-state index in [1.54, 1.807) is 12.1 Å². The number of para-hydroxylation sites is 1. The van der Waals surface area contributed by atoms with E-state index in [2.05, 4.69) is 5.32 Å². The summed E-state index contributed by atoms with van der Waals surface area (Å²) in [5.74, 6) is 0.0162. The summed E-state index contributed by atoms with van der Waals surface area (Å²) in [7, 11) is -3.89. The number of hydrogen-bond donors (Lipinski definition) is 3. The highest BCUT2D eigenvalue weighted by Gasteiger charge is 2.19. The van der Waals surface area contributed by atoms with Crippen LogP contribution in [0.15, 0.2) is 24.3 Å². The second kappa shape index (κ2) is 6.36. The molecule has 0 saturated carbocycles. The van der Waals surface area contributed by atoms with Crippen LogP contribution in [0.1, 0.15) is 25.8 Å². The first-order valence-electron chi connectivity index (χ1n) is 6.17. The van der Waals surface area contributed by atoms with Gasteiger partial charge in [0, 0.05) is 5.54 Å². The standard InChI is InChI=1S/C13H21NO4S/c1-13(2,14-8-5-9-19(16,17)18)10-11-6-3-4-7-12(11)15/h3-4,6-7,14-15H,5,8-10H2,1-2H3,(H,16,17,18). The maximum absolute atomic E-state index is 10.6. The van der Waals surface area contributed by atoms with Crippen LogP contribution in [0.4, 0.5) is 0 Å². The van der Waals surface area contributed by atoms with Gasteiger partial charge in [-0.25, -0.2) is 0 Å². The molecule has 0 atom stereocenters. The molecule has 0 spiro atoms. The first-order chi connectivity index (χ1) is 8.70. The lowest BCUT2D eigenvalue weighted by Crippen LogP contribution is -2.42. The van der Waals surface area contributed by atoms with Crippen molar-refractivity contribution in [3.8, 4) is 5.75 Å². The van der Waals surface area contributed by atoms with E-state index in [1.807, 2.05) is 26.0 Å². The third-order valence-corrected chi connectivity index (χ3v) is 3.61. The molecule has 19 heavy (non-hydrogen) atoms. The zero-order chi connectivity index (χ0) is 14.5. The molecular formula is C13H21NO4S. The van der Waals surface area contributed by atoms with Crippen molar-refractivity contribution in [1.29, 1.82) is 0 Å². The predicted molar refractivity (Wildman–Crippen MR) is 74.9 cm³/mol. The van der Waals surface area contributed by atoms with Gasteiger partial charge in [-0.15, -0.1) is 0 Å². The molecule has 0 radical (unpaired) electrons. The van der Waals surface area contributed by atoms with Crippen LogP contribution in [-0.2, 0) is 16.5 Å². The van der Waals surface area contributed by atoms with E-state index in [4.69, 9.17) is 4.55 Å². The molecule has 0 bridgehead atoms. The molecule has 0 aromatic heterocycles. The quantitative estimate of drug-likeness (QED) is 0.523. The van der Waals surface area contributed by atoms with E-state index in [0.29, 0.717) is 19.4 Å². The number of benzene rings is 1. The van der Waals surface area contributed by atoms with Crippen LogP contribution in [0.3, 0.4) is 0 Å². The molecule has 3 N–H and O–H groups in total. The summed E-state index contributed by atoms with van der Waals surface area (Å²) >= 11 is 0. The zero-order valence-corrected chi connectivity index (χ0v) is 12.1. The first kappa shape index (κ1) is 15.9. The third-order valence-electron chi connectivity index (χ3n) is 2.81. The van der Waals surface area contributed by atoms with E-state index >= 15 is 0 Å². The largest absolute Gasteiger partial charge is 0.508 e. The van der Waals surface area contributed by atoms with Crippen LogP contribution in [0.25, 0.3) is 0 Å². The second-order valence-electron chi connectivity index (χ2n) is 5.26. The molecule has 1 rings (SSSR count). The molecule has 0 heterocycles. The van der Waals surface area contributed by atoms with Crippen LogP contribution in [-0.4, -0.2) is 35.9 Å². The lowest BCUT2D eigenvalue weighted by Gasteiger charge is -2.27. The number of phenols is 1. The van der Waals surface area contributed by atoms with Crippen LogP contribution >= 0.6 is 0 Å². The number of phenolic OH excluding ortho intramolecular Hbond substituents is 1. The van der Waals surface area contributed by atoms with E-state index in [0.717, 1.165) is 5.56 Å². The summed E-state index contributed by atoms with van der Waals surface area (Å²) < 4.78 is 29.8. The van der Waals surface area contributed by atoms with Gasteiger partial charge < -0.3 is 10.4 Å². The number of nitrogens with one attached hydrogen (secondary N) is 1. The lowest BCUT2D eigenvalue weighted by atomic mass is 9.94. The Morgan fingerprint density at radius 1 is 1.26 bits per heavy atom. The topological polar surface area (TPSA) is 86.6 Å². The van der Waals surface area contributed by atoms with Gasteiger partial charge >= 0.3 is 0 Å². The normalized spacial score (nSPS) is 12.6. The highest BCUT2D eigenvalue weighted by Crippen LogP contribution is 2.21. The lowest BCUT2D eigenvalue weighted by molar-refractivity contribution is 0.376. The Morgan fingerprint density at radius 3 is 2.47 bits per heavy atom. The van der Waals surface area contributed by atoms with Gasteiger partial charge in [0.2, 0.25) is 0 Å². The summed E-state index contributed by atoms with van der Waals surface area (Å²) in [6, 6.07) is 7.13. The average molecular weight is 287 g/mol. The number of aromatic hydroxyl groups is 1. The molecule has 1 aromatic rings. The molecule has 0 aliphatic heterocycles. The summed E-state index contributed by atoms with van der Waals surface area (Å²) in [6.07, 6.45) is 0.981. The summed E-state index contributed by atoms with van der Waals surface area (Å²) in [5, 5.41) is 12.9. The highest BCUT2D eigenvalue weighted by molar-refractivity contribution is 7.85. The monoisotopic (exact) mass is 287 g/mol. The van der Waals surface area contributed by atoms with Crippen molar-refractivity contribution in [2.45, 2.75) is 32.2 Å². The summed E-state index contributed by atoms with van der Waals surface area (Å²) in [4.78, 5) is 0. The Kier molecular flexibility index (Phi) is 5.34. The van der Waals surface area contributed by atoms with Crippen molar-refractivity contribution in [3.63, 3.8) is 0 Å². The Morgan fingerprint density at radius 2 is 1.89 bits per heavy atom. The van der Waals surface area contributed by atoms with Crippen molar-refractivity contribution < 1.29 is 18.1 Å². The second-order valence-corrected chi connectivity index (χ2v) is 6.83. The molecule has 0 saturated heterocycles. The predicted octanol–water partition coefficient (Wildman–Crippen LogP) is 1.58. The number of hydrogen-bond acceptors (Lipinski definition) is 4. The first-order valence-corrected chi connectivity index (χ1v) is 7.78.